The Bertz CT molecular complexity index is 257. The van der Waals surface area contributed by atoms with E-state index in [4.69, 9.17) is 15.3 Å². The number of aliphatic hydroxyl groups excluding tert-OH is 1. The second-order valence-corrected chi connectivity index (χ2v) is 1.87. The molecule has 3 N–H and O–H groups in total. The quantitative estimate of drug-likeness (QED) is 0.424. The third kappa shape index (κ3) is 2.59. The zero-order chi connectivity index (χ0) is 9.56. The van der Waals surface area contributed by atoms with Crippen LogP contribution in [0.4, 0.5) is 0 Å². The molecule has 0 bridgehead atoms. The number of aldehydes is 1. The predicted molar refractivity (Wildman–Crippen MR) is 43.3 cm³/mol. The van der Waals surface area contributed by atoms with Gasteiger partial charge in [-0.3, -0.25) is 4.79 Å². The Morgan fingerprint density at radius 1 is 1.17 bits per heavy atom. The lowest BCUT2D eigenvalue weighted by Crippen LogP contribution is -1.77. The van der Waals surface area contributed by atoms with Crippen molar-refractivity contribution in [1.82, 2.24) is 0 Å². The van der Waals surface area contributed by atoms with Crippen LogP contribution in [0, 0.1) is 0 Å². The number of benzene rings is 1. The van der Waals surface area contributed by atoms with Crippen molar-refractivity contribution in [2.24, 2.45) is 0 Å². The zero-order valence-electron chi connectivity index (χ0n) is 6.56. The summed E-state index contributed by atoms with van der Waals surface area (Å²) >= 11 is 0. The fourth-order valence-corrected chi connectivity index (χ4v) is 0.614. The molecule has 0 heterocycles. The highest BCUT2D eigenvalue weighted by atomic mass is 16.3. The summed E-state index contributed by atoms with van der Waals surface area (Å²) in [5.74, 6) is -0.491. The largest absolute Gasteiger partial charge is 0.504 e. The summed E-state index contributed by atoms with van der Waals surface area (Å²) in [7, 11) is 1.00. The molecule has 0 radical (unpaired) electrons. The fourth-order valence-electron chi connectivity index (χ4n) is 0.614. The van der Waals surface area contributed by atoms with Crippen LogP contribution < -0.4 is 0 Å². The maximum Gasteiger partial charge on any atom is 0.158 e. The molecule has 4 nitrogen and oxygen atoms in total. The standard InChI is InChI=1S/C7H6O3.CH4O/c8-4-5-1-2-6(9)7(10)3-5;1-2/h1-4,9-10H;2H,1H3. The normalized spacial score (nSPS) is 8.17. The average molecular weight is 170 g/mol. The van der Waals surface area contributed by atoms with Gasteiger partial charge in [-0.2, -0.15) is 0 Å². The van der Waals surface area contributed by atoms with Crippen LogP contribution in [-0.4, -0.2) is 28.7 Å². The highest BCUT2D eigenvalue weighted by molar-refractivity contribution is 5.76. The van der Waals surface area contributed by atoms with Gasteiger partial charge in [0, 0.05) is 12.7 Å². The molecular formula is C8H10O4. The summed E-state index contributed by atoms with van der Waals surface area (Å²) < 4.78 is 0. The molecule has 1 aromatic carbocycles. The van der Waals surface area contributed by atoms with E-state index in [1.54, 1.807) is 0 Å². The summed E-state index contributed by atoms with van der Waals surface area (Å²) in [6, 6.07) is 3.88. The first-order chi connectivity index (χ1) is 5.74. The van der Waals surface area contributed by atoms with Crippen LogP contribution >= 0.6 is 0 Å². The Morgan fingerprint density at radius 2 is 1.75 bits per heavy atom. The summed E-state index contributed by atoms with van der Waals surface area (Å²) in [6.45, 7) is 0. The van der Waals surface area contributed by atoms with E-state index in [1.165, 1.54) is 18.2 Å². The first-order valence-electron chi connectivity index (χ1n) is 3.16. The molecule has 0 aliphatic rings. The summed E-state index contributed by atoms with van der Waals surface area (Å²) in [4.78, 5) is 10.1. The van der Waals surface area contributed by atoms with Crippen LogP contribution in [0.1, 0.15) is 10.4 Å². The minimum atomic E-state index is -0.274. The Kier molecular flexibility index (Phi) is 4.48. The molecule has 12 heavy (non-hydrogen) atoms. The van der Waals surface area contributed by atoms with Gasteiger partial charge < -0.3 is 15.3 Å². The van der Waals surface area contributed by atoms with Crippen molar-refractivity contribution in [3.63, 3.8) is 0 Å². The molecule has 0 amide bonds. The lowest BCUT2D eigenvalue weighted by molar-refractivity contribution is 0.112. The first kappa shape index (κ1) is 10.4. The monoisotopic (exact) mass is 170 g/mol. The molecule has 0 saturated heterocycles. The van der Waals surface area contributed by atoms with Crippen LogP contribution in [0.3, 0.4) is 0 Å². The number of phenolic OH excluding ortho intramolecular Hbond substituents is 2. The van der Waals surface area contributed by atoms with Crippen molar-refractivity contribution >= 4 is 6.29 Å². The van der Waals surface area contributed by atoms with Gasteiger partial charge in [-0.05, 0) is 18.2 Å². The van der Waals surface area contributed by atoms with E-state index >= 15 is 0 Å². The molecule has 0 atom stereocenters. The van der Waals surface area contributed by atoms with Gasteiger partial charge in [-0.1, -0.05) is 0 Å². The third-order valence-electron chi connectivity index (χ3n) is 1.14. The number of carbonyl (C=O) groups is 1. The zero-order valence-corrected chi connectivity index (χ0v) is 6.56. The number of phenols is 2. The molecule has 66 valence electrons. The van der Waals surface area contributed by atoms with E-state index in [2.05, 4.69) is 0 Å². The molecule has 1 aromatic rings. The number of hydrogen-bond acceptors (Lipinski definition) is 4. The lowest BCUT2D eigenvalue weighted by Gasteiger charge is -1.95. The number of hydrogen-bond donors (Lipinski definition) is 3. The number of aliphatic hydroxyl groups is 1. The van der Waals surface area contributed by atoms with E-state index < -0.39 is 0 Å². The minimum Gasteiger partial charge on any atom is -0.504 e. The summed E-state index contributed by atoms with van der Waals surface area (Å²) in [5.41, 5.74) is 0.343. The van der Waals surface area contributed by atoms with E-state index in [0.717, 1.165) is 7.11 Å². The van der Waals surface area contributed by atoms with Gasteiger partial charge in [-0.15, -0.1) is 0 Å². The van der Waals surface area contributed by atoms with Crippen molar-refractivity contribution < 1.29 is 20.1 Å². The van der Waals surface area contributed by atoms with Crippen LogP contribution in [0.25, 0.3) is 0 Å². The molecule has 0 fully saturated rings. The van der Waals surface area contributed by atoms with Gasteiger partial charge in [0.2, 0.25) is 0 Å². The van der Waals surface area contributed by atoms with Crippen molar-refractivity contribution in [1.29, 1.82) is 0 Å². The molecular weight excluding hydrogens is 160 g/mol. The first-order valence-corrected chi connectivity index (χ1v) is 3.16. The van der Waals surface area contributed by atoms with Crippen molar-refractivity contribution in [3.05, 3.63) is 23.8 Å². The Labute approximate surface area is 69.7 Å². The highest BCUT2D eigenvalue weighted by Gasteiger charge is 1.97. The lowest BCUT2D eigenvalue weighted by atomic mass is 10.2. The van der Waals surface area contributed by atoms with Gasteiger partial charge in [0.1, 0.15) is 6.29 Å². The van der Waals surface area contributed by atoms with E-state index in [9.17, 15) is 4.79 Å². The SMILES string of the molecule is CO.O=Cc1ccc(O)c(O)c1. The summed E-state index contributed by atoms with van der Waals surface area (Å²) in [5, 5.41) is 24.6. The second kappa shape index (κ2) is 5.15. The molecule has 0 unspecified atom stereocenters. The van der Waals surface area contributed by atoms with Gasteiger partial charge in [0.05, 0.1) is 0 Å². The smallest absolute Gasteiger partial charge is 0.158 e. The molecule has 0 saturated carbocycles. The summed E-state index contributed by atoms with van der Waals surface area (Å²) in [6.07, 6.45) is 0.596. The fraction of sp³-hybridized carbons (Fsp3) is 0.125. The maximum absolute atomic E-state index is 10.1. The molecule has 0 spiro atoms. The van der Waals surface area contributed by atoms with Gasteiger partial charge >= 0.3 is 0 Å². The molecule has 0 aromatic heterocycles. The van der Waals surface area contributed by atoms with Crippen LogP contribution in [-0.2, 0) is 0 Å². The van der Waals surface area contributed by atoms with Crippen LogP contribution in [0.15, 0.2) is 18.2 Å². The number of aromatic hydroxyl groups is 2. The Hall–Kier alpha value is -1.55. The third-order valence-corrected chi connectivity index (χ3v) is 1.14. The Balaban J connectivity index is 0.000000561. The van der Waals surface area contributed by atoms with E-state index in [-0.39, 0.29) is 11.5 Å². The number of carbonyl (C=O) groups excluding carboxylic acids is 1. The topological polar surface area (TPSA) is 77.8 Å². The molecule has 1 rings (SSSR count). The average Bonchev–Trinajstić information content (AvgIpc) is 2.13. The van der Waals surface area contributed by atoms with Crippen molar-refractivity contribution in [2.75, 3.05) is 7.11 Å². The molecule has 0 aliphatic heterocycles. The predicted octanol–water partition coefficient (Wildman–Crippen LogP) is 0.519. The van der Waals surface area contributed by atoms with Gasteiger partial charge in [-0.25, -0.2) is 0 Å². The van der Waals surface area contributed by atoms with Crippen molar-refractivity contribution in [3.8, 4) is 11.5 Å². The van der Waals surface area contributed by atoms with Crippen LogP contribution in [0.5, 0.6) is 11.5 Å². The second-order valence-electron chi connectivity index (χ2n) is 1.87. The molecule has 0 aliphatic carbocycles. The van der Waals surface area contributed by atoms with E-state index in [1.807, 2.05) is 0 Å². The highest BCUT2D eigenvalue weighted by Crippen LogP contribution is 2.23. The van der Waals surface area contributed by atoms with Gasteiger partial charge in [0.25, 0.3) is 0 Å². The minimum absolute atomic E-state index is 0.217. The van der Waals surface area contributed by atoms with Gasteiger partial charge in [0.15, 0.2) is 11.5 Å². The van der Waals surface area contributed by atoms with Crippen molar-refractivity contribution in [2.45, 2.75) is 0 Å². The maximum atomic E-state index is 10.1. The number of rotatable bonds is 1. The molecule has 4 heteroatoms. The van der Waals surface area contributed by atoms with Crippen LogP contribution in [0.2, 0.25) is 0 Å². The Morgan fingerprint density at radius 3 is 2.17 bits per heavy atom. The van der Waals surface area contributed by atoms with E-state index in [0.29, 0.717) is 11.8 Å².